The number of fused-ring (bicyclic) bond motifs is 2. The number of rotatable bonds is 4. The van der Waals surface area contributed by atoms with Crippen LogP contribution in [0.15, 0.2) is 46.2 Å². The lowest BCUT2D eigenvalue weighted by Crippen LogP contribution is -2.48. The second kappa shape index (κ2) is 9.77. The molecule has 3 heterocycles. The molecule has 0 amide bonds. The van der Waals surface area contributed by atoms with Crippen LogP contribution in [0.3, 0.4) is 0 Å². The van der Waals surface area contributed by atoms with Gasteiger partial charge in [-0.2, -0.15) is 0 Å². The van der Waals surface area contributed by atoms with E-state index in [2.05, 4.69) is 21.9 Å². The summed E-state index contributed by atoms with van der Waals surface area (Å²) in [5.41, 5.74) is 2.46. The van der Waals surface area contributed by atoms with Gasteiger partial charge in [0.1, 0.15) is 5.82 Å². The van der Waals surface area contributed by atoms with Gasteiger partial charge in [-0.1, -0.05) is 29.4 Å². The van der Waals surface area contributed by atoms with Gasteiger partial charge in [-0.3, -0.25) is 4.90 Å². The molecule has 0 aliphatic carbocycles. The number of hydrogen-bond acceptors (Lipinski definition) is 5. The minimum Gasteiger partial charge on any atom is -0.353 e. The summed E-state index contributed by atoms with van der Waals surface area (Å²) in [7, 11) is 0. The summed E-state index contributed by atoms with van der Waals surface area (Å²) < 4.78 is 25.4. The summed E-state index contributed by atoms with van der Waals surface area (Å²) in [4.78, 5) is 7.24. The zero-order chi connectivity index (χ0) is 21.2. The molecule has 0 spiro atoms. The molecule has 0 N–H and O–H groups in total. The zero-order valence-electron chi connectivity index (χ0n) is 17.6. The Bertz CT molecular complexity index is 916. The molecule has 2 aromatic carbocycles. The largest absolute Gasteiger partial charge is 0.353 e. The number of hydrogen-bond donors (Lipinski definition) is 0. The van der Waals surface area contributed by atoms with Gasteiger partial charge in [-0.25, -0.2) is 4.39 Å². The Morgan fingerprint density at radius 3 is 2.61 bits per heavy atom. The zero-order valence-corrected chi connectivity index (χ0v) is 19.1. The normalized spacial score (nSPS) is 23.2. The maximum absolute atomic E-state index is 14.1. The summed E-state index contributed by atoms with van der Waals surface area (Å²) in [6.07, 6.45) is 2.77. The monoisotopic (exact) mass is 462 g/mol. The van der Waals surface area contributed by atoms with Crippen LogP contribution < -0.4 is 0 Å². The molecule has 166 valence electrons. The fraction of sp³-hybridized carbons (Fsp3) is 0.500. The minimum atomic E-state index is -0.181. The van der Waals surface area contributed by atoms with Gasteiger partial charge in [0.25, 0.3) is 0 Å². The van der Waals surface area contributed by atoms with Gasteiger partial charge in [0, 0.05) is 60.0 Å². The van der Waals surface area contributed by atoms with Crippen LogP contribution in [0.5, 0.6) is 0 Å². The molecule has 31 heavy (non-hydrogen) atoms. The van der Waals surface area contributed by atoms with E-state index in [9.17, 15) is 4.39 Å². The fourth-order valence-electron chi connectivity index (χ4n) is 4.73. The maximum Gasteiger partial charge on any atom is 0.158 e. The van der Waals surface area contributed by atoms with Crippen LogP contribution in [-0.2, 0) is 15.9 Å². The summed E-state index contributed by atoms with van der Waals surface area (Å²) in [6, 6.07) is 11.5. The van der Waals surface area contributed by atoms with Gasteiger partial charge in [0.2, 0.25) is 0 Å². The van der Waals surface area contributed by atoms with E-state index in [0.29, 0.717) is 0 Å². The molecule has 0 unspecified atom stereocenters. The van der Waals surface area contributed by atoms with Crippen molar-refractivity contribution in [3.8, 4) is 0 Å². The number of nitrogens with zero attached hydrogens (tertiary/aromatic N) is 2. The second-order valence-corrected chi connectivity index (χ2v) is 9.97. The molecule has 2 saturated heterocycles. The first kappa shape index (κ1) is 21.7. The first-order chi connectivity index (χ1) is 15.2. The Balaban J connectivity index is 1.29. The predicted octanol–water partition coefficient (Wildman–Crippen LogP) is 5.00. The van der Waals surface area contributed by atoms with Crippen LogP contribution in [-0.4, -0.2) is 62.0 Å². The van der Waals surface area contributed by atoms with E-state index in [1.165, 1.54) is 16.0 Å². The van der Waals surface area contributed by atoms with Crippen molar-refractivity contribution in [2.45, 2.75) is 41.4 Å². The topological polar surface area (TPSA) is 24.9 Å². The second-order valence-electron chi connectivity index (χ2n) is 8.45. The Labute approximate surface area is 192 Å². The number of halogens is 2. The molecule has 4 nitrogen and oxygen atoms in total. The molecular weight excluding hydrogens is 435 g/mol. The average molecular weight is 463 g/mol. The summed E-state index contributed by atoms with van der Waals surface area (Å²) in [6.45, 7) is 6.65. The molecule has 0 bridgehead atoms. The summed E-state index contributed by atoms with van der Waals surface area (Å²) in [5, 5.41) is 0.757. The van der Waals surface area contributed by atoms with Crippen molar-refractivity contribution in [1.29, 1.82) is 0 Å². The number of piperazine rings is 1. The maximum atomic E-state index is 14.1. The number of benzene rings is 2. The van der Waals surface area contributed by atoms with Crippen molar-refractivity contribution in [1.82, 2.24) is 9.80 Å². The average Bonchev–Trinajstić information content (AvgIpc) is 2.94. The van der Waals surface area contributed by atoms with Crippen LogP contribution >= 0.6 is 23.4 Å². The highest BCUT2D eigenvalue weighted by molar-refractivity contribution is 7.99. The summed E-state index contributed by atoms with van der Waals surface area (Å²) >= 11 is 7.96. The third kappa shape index (κ3) is 5.10. The molecule has 7 heteroatoms. The minimum absolute atomic E-state index is 0.0475. The van der Waals surface area contributed by atoms with Crippen molar-refractivity contribution in [3.05, 3.63) is 58.4 Å². The van der Waals surface area contributed by atoms with Crippen molar-refractivity contribution in [3.63, 3.8) is 0 Å². The van der Waals surface area contributed by atoms with Crippen LogP contribution in [0.2, 0.25) is 5.02 Å². The van der Waals surface area contributed by atoms with Gasteiger partial charge in [-0.05, 0) is 54.3 Å². The quantitative estimate of drug-likeness (QED) is 0.636. The van der Waals surface area contributed by atoms with E-state index in [4.69, 9.17) is 21.1 Å². The molecule has 0 saturated carbocycles. The first-order valence-electron chi connectivity index (χ1n) is 11.1. The molecule has 0 radical (unpaired) electrons. The highest BCUT2D eigenvalue weighted by Gasteiger charge is 2.30. The molecule has 2 fully saturated rings. The standard InChI is InChI=1S/C24H28ClFN2O2S/c25-18-2-5-22-17(14-18)15-21(20-4-3-19(26)16-23(20)31-22)28-10-8-27(9-11-28)7-6-24-29-12-1-13-30-24/h2-5,14,16,21,24H,1,6-13,15H2/t21-/m0/s1. The van der Waals surface area contributed by atoms with Crippen molar-refractivity contribution < 1.29 is 13.9 Å². The highest BCUT2D eigenvalue weighted by atomic mass is 35.5. The lowest BCUT2D eigenvalue weighted by atomic mass is 9.96. The summed E-state index contributed by atoms with van der Waals surface area (Å²) in [5.74, 6) is -0.181. The molecule has 1 atom stereocenters. The van der Waals surface area contributed by atoms with Gasteiger partial charge < -0.3 is 14.4 Å². The van der Waals surface area contributed by atoms with Gasteiger partial charge in [0.15, 0.2) is 6.29 Å². The SMILES string of the molecule is Fc1ccc2c(c1)Sc1ccc(Cl)cc1C[C@@H]2N1CCN(CCC2OCCCO2)CC1. The van der Waals surface area contributed by atoms with Gasteiger partial charge >= 0.3 is 0 Å². The fourth-order valence-corrected chi connectivity index (χ4v) is 6.07. The smallest absolute Gasteiger partial charge is 0.158 e. The van der Waals surface area contributed by atoms with E-state index in [1.54, 1.807) is 23.9 Å². The highest BCUT2D eigenvalue weighted by Crippen LogP contribution is 2.44. The van der Waals surface area contributed by atoms with Crippen LogP contribution in [0.1, 0.15) is 30.0 Å². The molecule has 2 aromatic rings. The molecular formula is C24H28ClFN2O2S. The van der Waals surface area contributed by atoms with Crippen LogP contribution in [0.4, 0.5) is 4.39 Å². The van der Waals surface area contributed by atoms with Crippen molar-refractivity contribution >= 4 is 23.4 Å². The van der Waals surface area contributed by atoms with E-state index in [1.807, 2.05) is 12.1 Å². The van der Waals surface area contributed by atoms with E-state index >= 15 is 0 Å². The van der Waals surface area contributed by atoms with Gasteiger partial charge in [-0.15, -0.1) is 0 Å². The lowest BCUT2D eigenvalue weighted by molar-refractivity contribution is -0.183. The first-order valence-corrected chi connectivity index (χ1v) is 12.3. The molecule has 0 aromatic heterocycles. The van der Waals surface area contributed by atoms with Crippen LogP contribution in [0, 0.1) is 5.82 Å². The van der Waals surface area contributed by atoms with Gasteiger partial charge in [0.05, 0.1) is 13.2 Å². The molecule has 5 rings (SSSR count). The van der Waals surface area contributed by atoms with E-state index in [0.717, 1.165) is 75.1 Å². The Hall–Kier alpha value is -1.15. The predicted molar refractivity (Wildman–Crippen MR) is 121 cm³/mol. The van der Waals surface area contributed by atoms with Crippen molar-refractivity contribution in [2.24, 2.45) is 0 Å². The lowest BCUT2D eigenvalue weighted by Gasteiger charge is -2.40. The number of ether oxygens (including phenoxy) is 2. The van der Waals surface area contributed by atoms with Crippen LogP contribution in [0.25, 0.3) is 0 Å². The third-order valence-corrected chi connectivity index (χ3v) is 7.84. The molecule has 3 aliphatic heterocycles. The van der Waals surface area contributed by atoms with E-state index < -0.39 is 0 Å². The Morgan fingerprint density at radius 1 is 1.00 bits per heavy atom. The Morgan fingerprint density at radius 2 is 1.81 bits per heavy atom. The van der Waals surface area contributed by atoms with Crippen molar-refractivity contribution in [2.75, 3.05) is 45.9 Å². The third-order valence-electron chi connectivity index (χ3n) is 6.42. The Kier molecular flexibility index (Phi) is 6.84. The van der Waals surface area contributed by atoms with E-state index in [-0.39, 0.29) is 18.1 Å². The molecule has 3 aliphatic rings.